The van der Waals surface area contributed by atoms with Gasteiger partial charge in [-0.05, 0) is 19.4 Å². The zero-order valence-electron chi connectivity index (χ0n) is 11.3. The van der Waals surface area contributed by atoms with E-state index in [1.807, 2.05) is 13.8 Å². The van der Waals surface area contributed by atoms with Crippen molar-refractivity contribution in [2.75, 3.05) is 18.5 Å². The molecule has 2 aromatic rings. The predicted molar refractivity (Wildman–Crippen MR) is 70.1 cm³/mol. The van der Waals surface area contributed by atoms with Gasteiger partial charge in [-0.1, -0.05) is 0 Å². The van der Waals surface area contributed by atoms with Crippen LogP contribution in [0.15, 0.2) is 0 Å². The first-order valence-corrected chi connectivity index (χ1v) is 6.36. The molecule has 1 aliphatic heterocycles. The van der Waals surface area contributed by atoms with Crippen LogP contribution in [0, 0.1) is 13.8 Å². The Balaban J connectivity index is 1.80. The number of carbonyl (C=O) groups excluding carboxylic acids is 1. The Labute approximate surface area is 114 Å². The third-order valence-electron chi connectivity index (χ3n) is 3.27. The van der Waals surface area contributed by atoms with E-state index < -0.39 is 6.29 Å². The summed E-state index contributed by atoms with van der Waals surface area (Å²) in [5, 5.41) is 18.4. The lowest BCUT2D eigenvalue weighted by atomic mass is 10.2. The maximum Gasteiger partial charge on any atom is 0.230 e. The Bertz CT molecular complexity index is 648. The number of aromatic amines is 1. The fraction of sp³-hybridized carbons (Fsp3) is 0.500. The molecular formula is C12H15N5O3. The van der Waals surface area contributed by atoms with Crippen molar-refractivity contribution in [3.05, 3.63) is 11.3 Å². The molecule has 8 nitrogen and oxygen atoms in total. The van der Waals surface area contributed by atoms with Crippen LogP contribution in [0.5, 0.6) is 0 Å². The van der Waals surface area contributed by atoms with Gasteiger partial charge in [0.15, 0.2) is 17.8 Å². The molecule has 0 bridgehead atoms. The molecule has 3 rings (SSSR count). The number of amides is 1. The molecule has 0 unspecified atom stereocenters. The molecule has 20 heavy (non-hydrogen) atoms. The molecule has 2 N–H and O–H groups in total. The highest BCUT2D eigenvalue weighted by molar-refractivity contribution is 6.00. The zero-order chi connectivity index (χ0) is 14.1. The molecule has 1 aliphatic rings. The number of rotatable bonds is 3. The van der Waals surface area contributed by atoms with Crippen molar-refractivity contribution in [3.63, 3.8) is 0 Å². The van der Waals surface area contributed by atoms with Gasteiger partial charge in [0.2, 0.25) is 5.91 Å². The number of hydrogen-bond acceptors (Lipinski definition) is 6. The van der Waals surface area contributed by atoms with Gasteiger partial charge in [-0.2, -0.15) is 10.2 Å². The quantitative estimate of drug-likeness (QED) is 0.855. The van der Waals surface area contributed by atoms with Crippen molar-refractivity contribution >= 4 is 22.8 Å². The van der Waals surface area contributed by atoms with E-state index in [-0.39, 0.29) is 12.3 Å². The number of nitrogens with zero attached hydrogens (tertiary/aromatic N) is 3. The van der Waals surface area contributed by atoms with Gasteiger partial charge in [-0.3, -0.25) is 9.89 Å². The van der Waals surface area contributed by atoms with Gasteiger partial charge in [-0.25, -0.2) is 0 Å². The van der Waals surface area contributed by atoms with E-state index in [0.29, 0.717) is 24.7 Å². The Morgan fingerprint density at radius 2 is 2.10 bits per heavy atom. The highest BCUT2D eigenvalue weighted by Crippen LogP contribution is 2.23. The number of fused-ring (bicyclic) bond motifs is 1. The smallest absolute Gasteiger partial charge is 0.230 e. The van der Waals surface area contributed by atoms with Crippen molar-refractivity contribution in [1.29, 1.82) is 0 Å². The first-order chi connectivity index (χ1) is 9.65. The van der Waals surface area contributed by atoms with E-state index in [9.17, 15) is 4.79 Å². The Morgan fingerprint density at radius 1 is 1.35 bits per heavy atom. The van der Waals surface area contributed by atoms with E-state index in [2.05, 4.69) is 25.7 Å². The minimum Gasteiger partial charge on any atom is -0.350 e. The fourth-order valence-corrected chi connectivity index (χ4v) is 2.09. The van der Waals surface area contributed by atoms with Crippen molar-refractivity contribution in [3.8, 4) is 0 Å². The molecule has 1 saturated heterocycles. The van der Waals surface area contributed by atoms with Crippen molar-refractivity contribution < 1.29 is 14.3 Å². The Kier molecular flexibility index (Phi) is 3.33. The van der Waals surface area contributed by atoms with Crippen LogP contribution in [0.1, 0.15) is 17.7 Å². The molecule has 106 valence electrons. The SMILES string of the molecule is Cc1nnc2[nH]nc(NC(=O)CC3OCCO3)c2c1C. The van der Waals surface area contributed by atoms with E-state index >= 15 is 0 Å². The van der Waals surface area contributed by atoms with Gasteiger partial charge in [-0.15, -0.1) is 5.10 Å². The average Bonchev–Trinajstić information content (AvgIpc) is 3.04. The summed E-state index contributed by atoms with van der Waals surface area (Å²) in [7, 11) is 0. The largest absolute Gasteiger partial charge is 0.350 e. The molecule has 0 aromatic carbocycles. The van der Waals surface area contributed by atoms with E-state index in [1.165, 1.54) is 0 Å². The highest BCUT2D eigenvalue weighted by Gasteiger charge is 2.21. The van der Waals surface area contributed by atoms with Crippen LogP contribution < -0.4 is 5.32 Å². The summed E-state index contributed by atoms with van der Waals surface area (Å²) in [4.78, 5) is 11.9. The molecule has 0 aliphatic carbocycles. The number of anilines is 1. The molecule has 1 fully saturated rings. The van der Waals surface area contributed by atoms with E-state index in [0.717, 1.165) is 16.6 Å². The normalized spacial score (nSPS) is 15.9. The van der Waals surface area contributed by atoms with Crippen LogP contribution in [0.4, 0.5) is 5.82 Å². The fourth-order valence-electron chi connectivity index (χ4n) is 2.09. The number of H-pyrrole nitrogens is 1. The molecule has 3 heterocycles. The molecule has 0 radical (unpaired) electrons. The summed E-state index contributed by atoms with van der Waals surface area (Å²) in [6.07, 6.45) is -0.326. The number of aryl methyl sites for hydroxylation is 2. The van der Waals surface area contributed by atoms with Crippen LogP contribution in [0.25, 0.3) is 11.0 Å². The third-order valence-corrected chi connectivity index (χ3v) is 3.27. The molecule has 8 heteroatoms. The maximum absolute atomic E-state index is 11.9. The van der Waals surface area contributed by atoms with Crippen LogP contribution in [0.3, 0.4) is 0 Å². The summed E-state index contributed by atoms with van der Waals surface area (Å²) in [6.45, 7) is 4.83. The molecule has 0 saturated carbocycles. The predicted octanol–water partition coefficient (Wildman–Crippen LogP) is 0.671. The second-order valence-electron chi connectivity index (χ2n) is 4.63. The molecule has 2 aromatic heterocycles. The number of aromatic nitrogens is 4. The van der Waals surface area contributed by atoms with Gasteiger partial charge in [0.25, 0.3) is 0 Å². The number of carbonyl (C=O) groups is 1. The van der Waals surface area contributed by atoms with Crippen molar-refractivity contribution in [2.45, 2.75) is 26.6 Å². The summed E-state index contributed by atoms with van der Waals surface area (Å²) < 4.78 is 10.5. The monoisotopic (exact) mass is 277 g/mol. The number of hydrogen-bond donors (Lipinski definition) is 2. The Morgan fingerprint density at radius 3 is 2.85 bits per heavy atom. The van der Waals surface area contributed by atoms with Crippen LogP contribution in [0.2, 0.25) is 0 Å². The summed E-state index contributed by atoms with van der Waals surface area (Å²) >= 11 is 0. The first kappa shape index (κ1) is 12.9. The summed E-state index contributed by atoms with van der Waals surface area (Å²) in [5.41, 5.74) is 2.29. The summed E-state index contributed by atoms with van der Waals surface area (Å²) in [5.74, 6) is 0.248. The Hall–Kier alpha value is -2.06. The zero-order valence-corrected chi connectivity index (χ0v) is 11.3. The van der Waals surface area contributed by atoms with Crippen LogP contribution in [-0.4, -0.2) is 45.8 Å². The van der Waals surface area contributed by atoms with Crippen molar-refractivity contribution in [1.82, 2.24) is 20.4 Å². The molecule has 1 amide bonds. The molecule has 0 atom stereocenters. The van der Waals surface area contributed by atoms with Gasteiger partial charge < -0.3 is 14.8 Å². The average molecular weight is 277 g/mol. The lowest BCUT2D eigenvalue weighted by Crippen LogP contribution is -2.20. The summed E-state index contributed by atoms with van der Waals surface area (Å²) in [6, 6.07) is 0. The topological polar surface area (TPSA) is 102 Å². The van der Waals surface area contributed by atoms with Crippen molar-refractivity contribution in [2.24, 2.45) is 0 Å². The van der Waals surface area contributed by atoms with Crippen LogP contribution >= 0.6 is 0 Å². The number of nitrogens with one attached hydrogen (secondary N) is 2. The van der Waals surface area contributed by atoms with Gasteiger partial charge in [0.1, 0.15) is 0 Å². The lowest BCUT2D eigenvalue weighted by Gasteiger charge is -2.08. The number of ether oxygens (including phenoxy) is 2. The van der Waals surface area contributed by atoms with E-state index in [4.69, 9.17) is 9.47 Å². The minimum atomic E-state index is -0.470. The highest BCUT2D eigenvalue weighted by atomic mass is 16.7. The first-order valence-electron chi connectivity index (χ1n) is 6.36. The van der Waals surface area contributed by atoms with Gasteiger partial charge in [0, 0.05) is 0 Å². The maximum atomic E-state index is 11.9. The minimum absolute atomic E-state index is 0.144. The second kappa shape index (κ2) is 5.14. The van der Waals surface area contributed by atoms with Gasteiger partial charge >= 0.3 is 0 Å². The molecule has 0 spiro atoms. The van der Waals surface area contributed by atoms with E-state index in [1.54, 1.807) is 0 Å². The second-order valence-corrected chi connectivity index (χ2v) is 4.63. The third kappa shape index (κ3) is 2.35. The van der Waals surface area contributed by atoms with Gasteiger partial charge in [0.05, 0.1) is 30.7 Å². The lowest BCUT2D eigenvalue weighted by molar-refractivity contribution is -0.124. The molecular weight excluding hydrogens is 262 g/mol. The van der Waals surface area contributed by atoms with Crippen LogP contribution in [-0.2, 0) is 14.3 Å². The standard InChI is InChI=1S/C12H15N5O3/c1-6-7(2)14-16-12-10(6)11(15-17-12)13-8(18)5-9-19-3-4-20-9/h9H,3-5H2,1-2H3,(H2,13,15,16,17,18).